The van der Waals surface area contributed by atoms with E-state index in [1.165, 1.54) is 0 Å². The molecule has 6 heteroatoms. The SMILES string of the molecule is C[C@@H]1Cc2cc(S(=O)(=O)NC3CCC(N)CC3)ccc2O1. The number of hydrogen-bond donors (Lipinski definition) is 2. The standard InChI is InChI=1S/C15H22N2O3S/c1-10-8-11-9-14(6-7-15(11)20-10)21(18,19)17-13-4-2-12(16)3-5-13/h6-7,9-10,12-13,17H,2-5,8,16H2,1H3/t10-,12?,13?/m1/s1. The molecule has 1 fully saturated rings. The van der Waals surface area contributed by atoms with Crippen molar-refractivity contribution in [1.29, 1.82) is 0 Å². The van der Waals surface area contributed by atoms with Crippen LogP contribution in [0.1, 0.15) is 38.2 Å². The van der Waals surface area contributed by atoms with Gasteiger partial charge in [0.25, 0.3) is 0 Å². The molecule has 0 amide bonds. The molecule has 3 rings (SSSR count). The molecule has 1 atom stereocenters. The van der Waals surface area contributed by atoms with Crippen LogP contribution in [0.4, 0.5) is 0 Å². The number of nitrogens with one attached hydrogen (secondary N) is 1. The van der Waals surface area contributed by atoms with Crippen LogP contribution in [-0.4, -0.2) is 26.6 Å². The summed E-state index contributed by atoms with van der Waals surface area (Å²) in [5.74, 6) is 0.796. The lowest BCUT2D eigenvalue weighted by molar-refractivity contribution is 0.254. The zero-order valence-electron chi connectivity index (χ0n) is 12.2. The van der Waals surface area contributed by atoms with Crippen LogP contribution in [0.25, 0.3) is 0 Å². The van der Waals surface area contributed by atoms with Crippen molar-refractivity contribution in [2.75, 3.05) is 0 Å². The van der Waals surface area contributed by atoms with Gasteiger partial charge in [-0.3, -0.25) is 0 Å². The smallest absolute Gasteiger partial charge is 0.240 e. The Bertz CT molecular complexity index is 622. The van der Waals surface area contributed by atoms with Gasteiger partial charge in [0.1, 0.15) is 11.9 Å². The molecule has 0 unspecified atom stereocenters. The molecule has 116 valence electrons. The van der Waals surface area contributed by atoms with Crippen LogP contribution in [-0.2, 0) is 16.4 Å². The maximum atomic E-state index is 12.5. The van der Waals surface area contributed by atoms with Gasteiger partial charge in [-0.25, -0.2) is 13.1 Å². The second kappa shape index (κ2) is 5.59. The van der Waals surface area contributed by atoms with E-state index in [9.17, 15) is 8.42 Å². The summed E-state index contributed by atoms with van der Waals surface area (Å²) in [4.78, 5) is 0.328. The van der Waals surface area contributed by atoms with Gasteiger partial charge in [-0.15, -0.1) is 0 Å². The first-order valence-corrected chi connectivity index (χ1v) is 9.00. The summed E-state index contributed by atoms with van der Waals surface area (Å²) >= 11 is 0. The lowest BCUT2D eigenvalue weighted by atomic mass is 9.93. The van der Waals surface area contributed by atoms with Crippen molar-refractivity contribution in [3.63, 3.8) is 0 Å². The monoisotopic (exact) mass is 310 g/mol. The number of hydrogen-bond acceptors (Lipinski definition) is 4. The first-order chi connectivity index (χ1) is 9.94. The topological polar surface area (TPSA) is 81.4 Å². The van der Waals surface area contributed by atoms with E-state index in [4.69, 9.17) is 10.5 Å². The Kier molecular flexibility index (Phi) is 3.94. The summed E-state index contributed by atoms with van der Waals surface area (Å²) in [6.45, 7) is 1.98. The molecular formula is C15H22N2O3S. The van der Waals surface area contributed by atoms with E-state index >= 15 is 0 Å². The highest BCUT2D eigenvalue weighted by molar-refractivity contribution is 7.89. The average molecular weight is 310 g/mol. The lowest BCUT2D eigenvalue weighted by Crippen LogP contribution is -2.40. The van der Waals surface area contributed by atoms with Gasteiger partial charge in [0, 0.05) is 18.5 Å². The molecule has 1 saturated carbocycles. The predicted octanol–water partition coefficient (Wildman–Crippen LogP) is 1.56. The highest BCUT2D eigenvalue weighted by Gasteiger charge is 2.26. The van der Waals surface area contributed by atoms with Crippen LogP contribution >= 0.6 is 0 Å². The molecule has 5 nitrogen and oxygen atoms in total. The molecular weight excluding hydrogens is 288 g/mol. The van der Waals surface area contributed by atoms with Gasteiger partial charge >= 0.3 is 0 Å². The van der Waals surface area contributed by atoms with E-state index in [-0.39, 0.29) is 18.2 Å². The van der Waals surface area contributed by atoms with Gasteiger partial charge in [0.2, 0.25) is 10.0 Å². The largest absolute Gasteiger partial charge is 0.490 e. The summed E-state index contributed by atoms with van der Waals surface area (Å²) in [5.41, 5.74) is 6.82. The molecule has 1 heterocycles. The van der Waals surface area contributed by atoms with Crippen molar-refractivity contribution in [3.8, 4) is 5.75 Å². The Morgan fingerprint density at radius 2 is 1.95 bits per heavy atom. The second-order valence-corrected chi connectivity index (χ2v) is 7.85. The molecule has 1 aliphatic carbocycles. The first kappa shape index (κ1) is 14.8. The van der Waals surface area contributed by atoms with E-state index < -0.39 is 10.0 Å². The molecule has 1 aromatic carbocycles. The summed E-state index contributed by atoms with van der Waals surface area (Å²) in [6, 6.07) is 5.32. The van der Waals surface area contributed by atoms with E-state index in [1.54, 1.807) is 18.2 Å². The van der Waals surface area contributed by atoms with Crippen LogP contribution in [0.15, 0.2) is 23.1 Å². The van der Waals surface area contributed by atoms with Crippen molar-refractivity contribution in [1.82, 2.24) is 4.72 Å². The zero-order chi connectivity index (χ0) is 15.0. The van der Waals surface area contributed by atoms with Crippen molar-refractivity contribution in [3.05, 3.63) is 23.8 Å². The normalized spacial score (nSPS) is 29.0. The number of fused-ring (bicyclic) bond motifs is 1. The highest BCUT2D eigenvalue weighted by atomic mass is 32.2. The Labute approximate surface area is 125 Å². The summed E-state index contributed by atoms with van der Waals surface area (Å²) < 4.78 is 33.4. The van der Waals surface area contributed by atoms with Gasteiger partial charge in [-0.2, -0.15) is 0 Å². The average Bonchev–Trinajstić information content (AvgIpc) is 2.80. The maximum Gasteiger partial charge on any atom is 0.240 e. The molecule has 0 spiro atoms. The van der Waals surface area contributed by atoms with E-state index in [1.807, 2.05) is 6.92 Å². The van der Waals surface area contributed by atoms with E-state index in [0.717, 1.165) is 43.4 Å². The van der Waals surface area contributed by atoms with Gasteiger partial charge < -0.3 is 10.5 Å². The third-order valence-electron chi connectivity index (χ3n) is 4.27. The fourth-order valence-electron chi connectivity index (χ4n) is 3.09. The third kappa shape index (κ3) is 3.22. The predicted molar refractivity (Wildman–Crippen MR) is 80.8 cm³/mol. The van der Waals surface area contributed by atoms with Crippen LogP contribution in [0.3, 0.4) is 0 Å². The molecule has 0 bridgehead atoms. The van der Waals surface area contributed by atoms with Crippen LogP contribution in [0, 0.1) is 0 Å². The number of ether oxygens (including phenoxy) is 1. The summed E-state index contributed by atoms with van der Waals surface area (Å²) in [7, 11) is -3.46. The molecule has 0 aromatic heterocycles. The van der Waals surface area contributed by atoms with Crippen molar-refractivity contribution in [2.24, 2.45) is 5.73 Å². The lowest BCUT2D eigenvalue weighted by Gasteiger charge is -2.26. The minimum atomic E-state index is -3.46. The van der Waals surface area contributed by atoms with Crippen LogP contribution in [0.2, 0.25) is 0 Å². The molecule has 2 aliphatic rings. The minimum Gasteiger partial charge on any atom is -0.490 e. The summed E-state index contributed by atoms with van der Waals surface area (Å²) in [6.07, 6.45) is 4.25. The number of sulfonamides is 1. The Hall–Kier alpha value is -1.11. The third-order valence-corrected chi connectivity index (χ3v) is 5.79. The second-order valence-electron chi connectivity index (χ2n) is 6.14. The zero-order valence-corrected chi connectivity index (χ0v) is 13.0. The summed E-state index contributed by atoms with van der Waals surface area (Å²) in [5, 5.41) is 0. The van der Waals surface area contributed by atoms with Crippen molar-refractivity contribution in [2.45, 2.75) is 62.1 Å². The fourth-order valence-corrected chi connectivity index (χ4v) is 4.45. The number of nitrogens with two attached hydrogens (primary N) is 1. The molecule has 1 aliphatic heterocycles. The van der Waals surface area contributed by atoms with E-state index in [2.05, 4.69) is 4.72 Å². The maximum absolute atomic E-state index is 12.5. The number of rotatable bonds is 3. The quantitative estimate of drug-likeness (QED) is 0.887. The molecule has 0 radical (unpaired) electrons. The van der Waals surface area contributed by atoms with Crippen LogP contribution < -0.4 is 15.2 Å². The Balaban J connectivity index is 1.75. The molecule has 0 saturated heterocycles. The Morgan fingerprint density at radius 1 is 1.24 bits per heavy atom. The van der Waals surface area contributed by atoms with Gasteiger partial charge in [-0.1, -0.05) is 0 Å². The first-order valence-electron chi connectivity index (χ1n) is 7.51. The van der Waals surface area contributed by atoms with E-state index in [0.29, 0.717) is 4.90 Å². The Morgan fingerprint density at radius 3 is 2.67 bits per heavy atom. The van der Waals surface area contributed by atoms with Crippen molar-refractivity contribution < 1.29 is 13.2 Å². The number of benzene rings is 1. The molecule has 1 aromatic rings. The minimum absolute atomic E-state index is 0.00164. The van der Waals surface area contributed by atoms with Gasteiger partial charge in [0.05, 0.1) is 4.90 Å². The van der Waals surface area contributed by atoms with Crippen LogP contribution in [0.5, 0.6) is 5.75 Å². The van der Waals surface area contributed by atoms with Gasteiger partial charge in [0.15, 0.2) is 0 Å². The van der Waals surface area contributed by atoms with Gasteiger partial charge in [-0.05, 0) is 56.4 Å². The fraction of sp³-hybridized carbons (Fsp3) is 0.600. The molecule has 3 N–H and O–H groups in total. The highest BCUT2D eigenvalue weighted by Crippen LogP contribution is 2.31. The molecule has 21 heavy (non-hydrogen) atoms. The van der Waals surface area contributed by atoms with Crippen molar-refractivity contribution >= 4 is 10.0 Å².